The van der Waals surface area contributed by atoms with Gasteiger partial charge in [0.1, 0.15) is 0 Å². The lowest BCUT2D eigenvalue weighted by Crippen LogP contribution is -2.19. The molecule has 2 aliphatic carbocycles. The van der Waals surface area contributed by atoms with Crippen molar-refractivity contribution in [2.45, 2.75) is 71.6 Å². The Kier molecular flexibility index (Phi) is 4.11. The summed E-state index contributed by atoms with van der Waals surface area (Å²) < 4.78 is 0. The maximum Gasteiger partial charge on any atom is 0 e. The Balaban J connectivity index is 0.00000128. The van der Waals surface area contributed by atoms with E-state index in [1.165, 1.54) is 51.4 Å². The third-order valence-electron chi connectivity index (χ3n) is 4.94. The van der Waals surface area contributed by atoms with Gasteiger partial charge < -0.3 is 0 Å². The van der Waals surface area contributed by atoms with E-state index in [2.05, 4.69) is 13.8 Å². The SMILES string of the molecule is CC1CCC(CC2CCC(C)CC2)CC1.[HH].[HH]. The molecular weight excluding hydrogens is 180 g/mol. The summed E-state index contributed by atoms with van der Waals surface area (Å²) in [5, 5.41) is 0. The maximum absolute atomic E-state index is 2.43. The Hall–Kier alpha value is 0. The van der Waals surface area contributed by atoms with Crippen molar-refractivity contribution >= 4 is 0 Å². The summed E-state index contributed by atoms with van der Waals surface area (Å²) in [6, 6.07) is 0. The highest BCUT2D eigenvalue weighted by Crippen LogP contribution is 2.37. The second-order valence-electron chi connectivity index (χ2n) is 6.49. The molecule has 2 rings (SSSR count). The van der Waals surface area contributed by atoms with Crippen molar-refractivity contribution in [3.8, 4) is 0 Å². The first-order valence-corrected chi connectivity index (χ1v) is 7.24. The van der Waals surface area contributed by atoms with Gasteiger partial charge in [0.05, 0.1) is 0 Å². The monoisotopic (exact) mass is 212 g/mol. The molecule has 2 aliphatic rings. The molecule has 0 aliphatic heterocycles. The summed E-state index contributed by atoms with van der Waals surface area (Å²) >= 11 is 0. The molecule has 0 atom stereocenters. The van der Waals surface area contributed by atoms with Gasteiger partial charge in [-0.3, -0.25) is 0 Å². The van der Waals surface area contributed by atoms with Gasteiger partial charge in [0.25, 0.3) is 0 Å². The van der Waals surface area contributed by atoms with Crippen LogP contribution in [0.15, 0.2) is 0 Å². The lowest BCUT2D eigenvalue weighted by atomic mass is 9.74. The molecule has 2 fully saturated rings. The minimum atomic E-state index is 0. The minimum Gasteiger partial charge on any atom is -0.0625 e. The standard InChI is InChI=1S/C15H28.2H2/c1-12-3-7-14(8-4-12)11-15-9-5-13(2)6-10-15;;/h12-15H,3-11H2,1-2H3;2*1H. The number of hydrogen-bond acceptors (Lipinski definition) is 0. The van der Waals surface area contributed by atoms with Gasteiger partial charge in [-0.05, 0) is 30.1 Å². The van der Waals surface area contributed by atoms with Crippen molar-refractivity contribution in [1.29, 1.82) is 0 Å². The van der Waals surface area contributed by atoms with Crippen LogP contribution in [0.5, 0.6) is 0 Å². The molecule has 0 saturated heterocycles. The van der Waals surface area contributed by atoms with Gasteiger partial charge in [0, 0.05) is 2.85 Å². The van der Waals surface area contributed by atoms with Gasteiger partial charge in [-0.2, -0.15) is 0 Å². The normalized spacial score (nSPS) is 42.8. The lowest BCUT2D eigenvalue weighted by Gasteiger charge is -2.32. The molecule has 0 bridgehead atoms. The van der Waals surface area contributed by atoms with E-state index in [0.717, 1.165) is 23.7 Å². The van der Waals surface area contributed by atoms with Crippen LogP contribution in [-0.4, -0.2) is 0 Å². The van der Waals surface area contributed by atoms with Crippen LogP contribution in [0, 0.1) is 23.7 Å². The summed E-state index contributed by atoms with van der Waals surface area (Å²) in [4.78, 5) is 0. The van der Waals surface area contributed by atoms with E-state index in [4.69, 9.17) is 0 Å². The molecule has 92 valence electrons. The van der Waals surface area contributed by atoms with Crippen molar-refractivity contribution in [2.75, 3.05) is 0 Å². The zero-order valence-electron chi connectivity index (χ0n) is 10.7. The van der Waals surface area contributed by atoms with Gasteiger partial charge in [-0.15, -0.1) is 0 Å². The molecule has 0 unspecified atom stereocenters. The van der Waals surface area contributed by atoms with E-state index in [1.807, 2.05) is 0 Å². The molecule has 0 heterocycles. The molecule has 0 N–H and O–H groups in total. The van der Waals surface area contributed by atoms with Crippen LogP contribution in [0.2, 0.25) is 0 Å². The van der Waals surface area contributed by atoms with Crippen molar-refractivity contribution < 1.29 is 2.85 Å². The van der Waals surface area contributed by atoms with Crippen LogP contribution in [0.3, 0.4) is 0 Å². The predicted molar refractivity (Wildman–Crippen MR) is 71.1 cm³/mol. The Morgan fingerprint density at radius 2 is 1.00 bits per heavy atom. The van der Waals surface area contributed by atoms with Crippen molar-refractivity contribution in [3.05, 3.63) is 0 Å². The van der Waals surface area contributed by atoms with Crippen LogP contribution in [0.25, 0.3) is 0 Å². The average molecular weight is 212 g/mol. The first kappa shape index (κ1) is 11.5. The highest BCUT2D eigenvalue weighted by atomic mass is 14.3. The highest BCUT2D eigenvalue weighted by molar-refractivity contribution is 4.76. The third kappa shape index (κ3) is 3.50. The van der Waals surface area contributed by atoms with Crippen LogP contribution in [0.1, 0.15) is 74.5 Å². The zero-order chi connectivity index (χ0) is 10.7. The van der Waals surface area contributed by atoms with E-state index < -0.39 is 0 Å². The van der Waals surface area contributed by atoms with E-state index in [-0.39, 0.29) is 2.85 Å². The first-order chi connectivity index (χ1) is 7.24. The van der Waals surface area contributed by atoms with E-state index in [0.29, 0.717) is 0 Å². The van der Waals surface area contributed by atoms with Crippen molar-refractivity contribution in [2.24, 2.45) is 23.7 Å². The third-order valence-corrected chi connectivity index (χ3v) is 4.94. The quantitative estimate of drug-likeness (QED) is 0.565. The fourth-order valence-corrected chi connectivity index (χ4v) is 3.60. The van der Waals surface area contributed by atoms with Crippen LogP contribution < -0.4 is 0 Å². The molecule has 0 aromatic carbocycles. The van der Waals surface area contributed by atoms with E-state index in [9.17, 15) is 0 Å². The molecular formula is C15H32. The molecule has 0 nitrogen and oxygen atoms in total. The summed E-state index contributed by atoms with van der Waals surface area (Å²) in [5.74, 6) is 4.24. The fourth-order valence-electron chi connectivity index (χ4n) is 3.60. The molecule has 0 radical (unpaired) electrons. The van der Waals surface area contributed by atoms with Crippen LogP contribution in [0.4, 0.5) is 0 Å². The summed E-state index contributed by atoms with van der Waals surface area (Å²) in [5.41, 5.74) is 0. The molecule has 0 aromatic heterocycles. The molecule has 2 saturated carbocycles. The Labute approximate surface area is 98.8 Å². The molecule has 0 spiro atoms. The Morgan fingerprint density at radius 1 is 0.667 bits per heavy atom. The van der Waals surface area contributed by atoms with Crippen LogP contribution in [-0.2, 0) is 0 Å². The highest BCUT2D eigenvalue weighted by Gasteiger charge is 2.24. The van der Waals surface area contributed by atoms with Crippen molar-refractivity contribution in [1.82, 2.24) is 0 Å². The molecule has 0 aromatic rings. The van der Waals surface area contributed by atoms with Crippen molar-refractivity contribution in [3.63, 3.8) is 0 Å². The predicted octanol–water partition coefficient (Wildman–Crippen LogP) is 5.52. The molecule has 0 heteroatoms. The number of rotatable bonds is 2. The average Bonchev–Trinajstić information content (AvgIpc) is 2.25. The maximum atomic E-state index is 2.43. The summed E-state index contributed by atoms with van der Waals surface area (Å²) in [6.45, 7) is 4.86. The second-order valence-corrected chi connectivity index (χ2v) is 6.49. The Bertz CT molecular complexity index is 157. The van der Waals surface area contributed by atoms with Gasteiger partial charge in [0.2, 0.25) is 0 Å². The first-order valence-electron chi connectivity index (χ1n) is 7.24. The minimum absolute atomic E-state index is 0. The van der Waals surface area contributed by atoms with Gasteiger partial charge in [0.15, 0.2) is 0 Å². The molecule has 0 amide bonds. The smallest absolute Gasteiger partial charge is 0 e. The van der Waals surface area contributed by atoms with Gasteiger partial charge >= 0.3 is 0 Å². The second kappa shape index (κ2) is 5.37. The fraction of sp³-hybridized carbons (Fsp3) is 1.00. The lowest BCUT2D eigenvalue weighted by molar-refractivity contribution is 0.201. The van der Waals surface area contributed by atoms with Crippen LogP contribution >= 0.6 is 0 Å². The largest absolute Gasteiger partial charge is 0.0625 e. The molecule has 15 heavy (non-hydrogen) atoms. The zero-order valence-corrected chi connectivity index (χ0v) is 10.7. The van der Waals surface area contributed by atoms with Gasteiger partial charge in [-0.25, -0.2) is 0 Å². The summed E-state index contributed by atoms with van der Waals surface area (Å²) in [6.07, 6.45) is 13.7. The van der Waals surface area contributed by atoms with Gasteiger partial charge in [-0.1, -0.05) is 65.2 Å². The van der Waals surface area contributed by atoms with E-state index in [1.54, 1.807) is 6.42 Å². The summed E-state index contributed by atoms with van der Waals surface area (Å²) in [7, 11) is 0. The number of hydrogen-bond donors (Lipinski definition) is 0. The Morgan fingerprint density at radius 3 is 1.33 bits per heavy atom. The topological polar surface area (TPSA) is 0 Å². The van der Waals surface area contributed by atoms with E-state index >= 15 is 0 Å².